The van der Waals surface area contributed by atoms with Gasteiger partial charge in [0.2, 0.25) is 0 Å². The molecule has 0 aliphatic heterocycles. The van der Waals surface area contributed by atoms with Gasteiger partial charge in [-0.3, -0.25) is 4.79 Å². The Kier molecular flexibility index (Phi) is 4.15. The minimum absolute atomic E-state index is 0.0114. The molecule has 2 aromatic rings. The monoisotopic (exact) mass is 259 g/mol. The van der Waals surface area contributed by atoms with Gasteiger partial charge in [-0.05, 0) is 29.5 Å². The van der Waals surface area contributed by atoms with Crippen LogP contribution in [0.5, 0.6) is 0 Å². The fourth-order valence-electron chi connectivity index (χ4n) is 1.85. The number of benzene rings is 1. The number of hydrogen-bond acceptors (Lipinski definition) is 2. The number of hydrogen-bond donors (Lipinski definition) is 1. The summed E-state index contributed by atoms with van der Waals surface area (Å²) in [6, 6.07) is 13.5. The van der Waals surface area contributed by atoms with E-state index < -0.39 is 0 Å². The minimum Gasteiger partial charge on any atom is -0.344 e. The maximum absolute atomic E-state index is 12.1. The highest BCUT2D eigenvalue weighted by molar-refractivity contribution is 7.10. The van der Waals surface area contributed by atoms with Crippen molar-refractivity contribution in [2.45, 2.75) is 19.9 Å². The lowest BCUT2D eigenvalue weighted by molar-refractivity contribution is 0.0926. The zero-order valence-corrected chi connectivity index (χ0v) is 11.4. The van der Waals surface area contributed by atoms with Crippen molar-refractivity contribution in [3.05, 3.63) is 58.3 Å². The van der Waals surface area contributed by atoms with Gasteiger partial charge >= 0.3 is 0 Å². The normalized spacial score (nSPS) is 12.4. The van der Waals surface area contributed by atoms with Crippen LogP contribution in [0, 0.1) is 5.92 Å². The van der Waals surface area contributed by atoms with Crippen molar-refractivity contribution >= 4 is 17.2 Å². The quantitative estimate of drug-likeness (QED) is 0.887. The number of amides is 1. The average molecular weight is 259 g/mol. The Labute approximate surface area is 112 Å². The number of thiophene rings is 1. The van der Waals surface area contributed by atoms with E-state index in [1.54, 1.807) is 11.3 Å². The highest BCUT2D eigenvalue weighted by Crippen LogP contribution is 2.26. The SMILES string of the molecule is CC(C)C(NC(=O)c1ccccc1)c1cccs1. The lowest BCUT2D eigenvalue weighted by Crippen LogP contribution is -2.31. The summed E-state index contributed by atoms with van der Waals surface area (Å²) in [4.78, 5) is 13.4. The summed E-state index contributed by atoms with van der Waals surface area (Å²) in [7, 11) is 0. The van der Waals surface area contributed by atoms with Crippen LogP contribution >= 0.6 is 11.3 Å². The first kappa shape index (κ1) is 12.8. The number of rotatable bonds is 4. The summed E-state index contributed by atoms with van der Waals surface area (Å²) in [5.41, 5.74) is 0.708. The summed E-state index contributed by atoms with van der Waals surface area (Å²) in [5, 5.41) is 5.15. The zero-order valence-electron chi connectivity index (χ0n) is 10.6. The van der Waals surface area contributed by atoms with Crippen LogP contribution < -0.4 is 5.32 Å². The van der Waals surface area contributed by atoms with Crippen LogP contribution in [0.25, 0.3) is 0 Å². The molecule has 0 radical (unpaired) electrons. The van der Waals surface area contributed by atoms with E-state index in [1.165, 1.54) is 4.88 Å². The van der Waals surface area contributed by atoms with Gasteiger partial charge in [0.1, 0.15) is 0 Å². The number of carbonyl (C=O) groups is 1. The molecular formula is C15H17NOS. The van der Waals surface area contributed by atoms with E-state index in [0.717, 1.165) is 0 Å². The van der Waals surface area contributed by atoms with Crippen LogP contribution in [0.4, 0.5) is 0 Å². The van der Waals surface area contributed by atoms with Crippen molar-refractivity contribution in [3.8, 4) is 0 Å². The van der Waals surface area contributed by atoms with E-state index >= 15 is 0 Å². The highest BCUT2D eigenvalue weighted by Gasteiger charge is 2.19. The first-order valence-corrected chi connectivity index (χ1v) is 6.96. The smallest absolute Gasteiger partial charge is 0.251 e. The molecular weight excluding hydrogens is 242 g/mol. The van der Waals surface area contributed by atoms with Crippen molar-refractivity contribution in [1.82, 2.24) is 5.32 Å². The molecule has 1 aromatic carbocycles. The summed E-state index contributed by atoms with van der Waals surface area (Å²) in [6.45, 7) is 4.24. The van der Waals surface area contributed by atoms with Crippen LogP contribution in [0.3, 0.4) is 0 Å². The maximum Gasteiger partial charge on any atom is 0.251 e. The van der Waals surface area contributed by atoms with E-state index in [0.29, 0.717) is 11.5 Å². The molecule has 0 saturated carbocycles. The molecule has 1 unspecified atom stereocenters. The Hall–Kier alpha value is -1.61. The standard InChI is InChI=1S/C15H17NOS/c1-11(2)14(13-9-6-10-18-13)16-15(17)12-7-4-3-5-8-12/h3-11,14H,1-2H3,(H,16,17). The second-order valence-corrected chi connectivity index (χ2v) is 5.56. The highest BCUT2D eigenvalue weighted by atomic mass is 32.1. The first-order chi connectivity index (χ1) is 8.68. The molecule has 0 aliphatic rings. The zero-order chi connectivity index (χ0) is 13.0. The third kappa shape index (κ3) is 2.99. The van der Waals surface area contributed by atoms with Crippen LogP contribution in [-0.4, -0.2) is 5.91 Å². The van der Waals surface area contributed by atoms with E-state index in [4.69, 9.17) is 0 Å². The molecule has 3 heteroatoms. The van der Waals surface area contributed by atoms with Crippen molar-refractivity contribution in [1.29, 1.82) is 0 Å². The van der Waals surface area contributed by atoms with Crippen LogP contribution in [0.1, 0.15) is 35.1 Å². The van der Waals surface area contributed by atoms with Crippen LogP contribution in [0.2, 0.25) is 0 Å². The van der Waals surface area contributed by atoms with Gasteiger partial charge in [-0.1, -0.05) is 38.1 Å². The Bertz CT molecular complexity index is 490. The predicted octanol–water partition coefficient (Wildman–Crippen LogP) is 3.88. The fraction of sp³-hybridized carbons (Fsp3) is 0.267. The van der Waals surface area contributed by atoms with Crippen molar-refractivity contribution < 1.29 is 4.79 Å². The molecule has 2 rings (SSSR count). The van der Waals surface area contributed by atoms with Crippen molar-refractivity contribution in [2.24, 2.45) is 5.92 Å². The van der Waals surface area contributed by atoms with Crippen LogP contribution in [-0.2, 0) is 0 Å². The van der Waals surface area contributed by atoms with Gasteiger partial charge < -0.3 is 5.32 Å². The Morgan fingerprint density at radius 3 is 2.39 bits per heavy atom. The number of carbonyl (C=O) groups excluding carboxylic acids is 1. The van der Waals surface area contributed by atoms with Gasteiger partial charge in [0.15, 0.2) is 0 Å². The predicted molar refractivity (Wildman–Crippen MR) is 75.8 cm³/mol. The molecule has 1 heterocycles. The largest absolute Gasteiger partial charge is 0.344 e. The first-order valence-electron chi connectivity index (χ1n) is 6.08. The molecule has 0 fully saturated rings. The average Bonchev–Trinajstić information content (AvgIpc) is 2.90. The second-order valence-electron chi connectivity index (χ2n) is 4.58. The summed E-state index contributed by atoms with van der Waals surface area (Å²) >= 11 is 1.68. The molecule has 1 N–H and O–H groups in total. The number of nitrogens with one attached hydrogen (secondary N) is 1. The van der Waals surface area contributed by atoms with Crippen molar-refractivity contribution in [3.63, 3.8) is 0 Å². The molecule has 0 saturated heterocycles. The molecule has 2 nitrogen and oxygen atoms in total. The molecule has 18 heavy (non-hydrogen) atoms. The lowest BCUT2D eigenvalue weighted by Gasteiger charge is -2.21. The topological polar surface area (TPSA) is 29.1 Å². The fourth-order valence-corrected chi connectivity index (χ4v) is 2.80. The maximum atomic E-state index is 12.1. The second kappa shape index (κ2) is 5.83. The summed E-state index contributed by atoms with van der Waals surface area (Å²) in [5.74, 6) is 0.360. The van der Waals surface area contributed by atoms with Gasteiger partial charge in [0, 0.05) is 10.4 Å². The summed E-state index contributed by atoms with van der Waals surface area (Å²) in [6.07, 6.45) is 0. The van der Waals surface area contributed by atoms with Gasteiger partial charge in [0.25, 0.3) is 5.91 Å². The third-order valence-electron chi connectivity index (χ3n) is 2.84. The molecule has 0 bridgehead atoms. The molecule has 1 amide bonds. The molecule has 1 atom stereocenters. The van der Waals surface area contributed by atoms with E-state index in [9.17, 15) is 4.79 Å². The van der Waals surface area contributed by atoms with Crippen molar-refractivity contribution in [2.75, 3.05) is 0 Å². The summed E-state index contributed by atoms with van der Waals surface area (Å²) < 4.78 is 0. The van der Waals surface area contributed by atoms with Gasteiger partial charge in [-0.15, -0.1) is 11.3 Å². The molecule has 94 valence electrons. The van der Waals surface area contributed by atoms with Crippen LogP contribution in [0.15, 0.2) is 47.8 Å². The Morgan fingerprint density at radius 2 is 1.83 bits per heavy atom. The lowest BCUT2D eigenvalue weighted by atomic mass is 10.0. The Morgan fingerprint density at radius 1 is 1.11 bits per heavy atom. The van der Waals surface area contributed by atoms with E-state index in [-0.39, 0.29) is 11.9 Å². The Balaban J connectivity index is 2.13. The van der Waals surface area contributed by atoms with Gasteiger partial charge in [-0.25, -0.2) is 0 Å². The van der Waals surface area contributed by atoms with E-state index in [2.05, 4.69) is 25.2 Å². The van der Waals surface area contributed by atoms with E-state index in [1.807, 2.05) is 41.8 Å². The van der Waals surface area contributed by atoms with Gasteiger partial charge in [0.05, 0.1) is 6.04 Å². The molecule has 1 aromatic heterocycles. The molecule has 0 spiro atoms. The van der Waals surface area contributed by atoms with Gasteiger partial charge in [-0.2, -0.15) is 0 Å². The molecule has 0 aliphatic carbocycles. The minimum atomic E-state index is -0.0114. The third-order valence-corrected chi connectivity index (χ3v) is 3.79.